The van der Waals surface area contributed by atoms with Crippen molar-refractivity contribution in [1.82, 2.24) is 10.1 Å². The lowest BCUT2D eigenvalue weighted by molar-refractivity contribution is 0.104. The van der Waals surface area contributed by atoms with Gasteiger partial charge in [0.1, 0.15) is 0 Å². The van der Waals surface area contributed by atoms with Gasteiger partial charge in [-0.05, 0) is 42.5 Å². The van der Waals surface area contributed by atoms with Gasteiger partial charge >= 0.3 is 0 Å². The zero-order valence-corrected chi connectivity index (χ0v) is 11.3. The molecule has 2 unspecified atom stereocenters. The predicted octanol–water partition coefficient (Wildman–Crippen LogP) is 2.70. The third kappa shape index (κ3) is 3.17. The van der Waals surface area contributed by atoms with Crippen LogP contribution in [-0.4, -0.2) is 27.9 Å². The Morgan fingerprint density at radius 2 is 2.10 bits per heavy atom. The molecule has 1 heterocycles. The lowest BCUT2D eigenvalue weighted by atomic mass is 9.87. The van der Waals surface area contributed by atoms with Crippen LogP contribution in [0, 0.1) is 5.92 Å². The molecule has 3 rings (SSSR count). The fraction of sp³-hybridized carbons (Fsp3) is 0.467. The molecule has 0 amide bonds. The van der Waals surface area contributed by atoms with Crippen LogP contribution in [0.3, 0.4) is 0 Å². The zero-order valence-electron chi connectivity index (χ0n) is 11.3. The molecule has 2 atom stereocenters. The van der Waals surface area contributed by atoms with E-state index in [0.717, 1.165) is 37.8 Å². The maximum absolute atomic E-state index is 9.65. The molecule has 1 aromatic carbocycles. The van der Waals surface area contributed by atoms with Crippen LogP contribution in [0.15, 0.2) is 34.9 Å². The van der Waals surface area contributed by atoms with Gasteiger partial charge in [0.05, 0.1) is 6.10 Å². The van der Waals surface area contributed by atoms with Gasteiger partial charge in [0.15, 0.2) is 0 Å². The molecule has 0 aliphatic heterocycles. The number of aliphatic hydroxyl groups is 1. The SMILES string of the molecule is OC1CCCC(CNc2noc(-c3ccccc3)n2)C1. The number of nitrogens with zero attached hydrogens (tertiary/aromatic N) is 2. The summed E-state index contributed by atoms with van der Waals surface area (Å²) in [5, 5.41) is 16.8. The molecule has 2 N–H and O–H groups in total. The highest BCUT2D eigenvalue weighted by Crippen LogP contribution is 2.24. The second-order valence-corrected chi connectivity index (χ2v) is 5.36. The molecule has 1 aliphatic carbocycles. The number of anilines is 1. The maximum Gasteiger partial charge on any atom is 0.263 e. The minimum absolute atomic E-state index is 0.152. The Bertz CT molecular complexity index is 541. The molecule has 2 aromatic rings. The highest BCUT2D eigenvalue weighted by atomic mass is 16.5. The van der Waals surface area contributed by atoms with E-state index in [0.29, 0.717) is 17.8 Å². The van der Waals surface area contributed by atoms with Crippen molar-refractivity contribution in [3.05, 3.63) is 30.3 Å². The molecule has 1 aliphatic rings. The van der Waals surface area contributed by atoms with Gasteiger partial charge in [0.2, 0.25) is 0 Å². The Kier molecular flexibility index (Phi) is 3.97. The Morgan fingerprint density at radius 3 is 2.90 bits per heavy atom. The monoisotopic (exact) mass is 273 g/mol. The molecule has 0 bridgehead atoms. The summed E-state index contributed by atoms with van der Waals surface area (Å²) in [5.41, 5.74) is 0.918. The molecule has 20 heavy (non-hydrogen) atoms. The summed E-state index contributed by atoms with van der Waals surface area (Å²) in [6.07, 6.45) is 3.87. The van der Waals surface area contributed by atoms with E-state index < -0.39 is 0 Å². The standard InChI is InChI=1S/C15H19N3O2/c19-13-8-4-5-11(9-13)10-16-15-17-14(20-18-15)12-6-2-1-3-7-12/h1-3,6-7,11,13,19H,4-5,8-10H2,(H,16,18). The summed E-state index contributed by atoms with van der Waals surface area (Å²) in [4.78, 5) is 4.33. The summed E-state index contributed by atoms with van der Waals surface area (Å²) in [6, 6.07) is 9.71. The number of aromatic nitrogens is 2. The van der Waals surface area contributed by atoms with Crippen LogP contribution in [0.1, 0.15) is 25.7 Å². The quantitative estimate of drug-likeness (QED) is 0.896. The van der Waals surface area contributed by atoms with E-state index in [4.69, 9.17) is 4.52 Å². The molecule has 0 spiro atoms. The number of hydrogen-bond donors (Lipinski definition) is 2. The largest absolute Gasteiger partial charge is 0.393 e. The van der Waals surface area contributed by atoms with Crippen molar-refractivity contribution in [2.24, 2.45) is 5.92 Å². The second-order valence-electron chi connectivity index (χ2n) is 5.36. The summed E-state index contributed by atoms with van der Waals surface area (Å²) in [5.74, 6) is 1.53. The topological polar surface area (TPSA) is 71.2 Å². The second kappa shape index (κ2) is 6.05. The predicted molar refractivity (Wildman–Crippen MR) is 76.2 cm³/mol. The minimum Gasteiger partial charge on any atom is -0.393 e. The van der Waals surface area contributed by atoms with Gasteiger partial charge in [-0.25, -0.2) is 0 Å². The summed E-state index contributed by atoms with van der Waals surface area (Å²) in [7, 11) is 0. The van der Waals surface area contributed by atoms with E-state index in [2.05, 4.69) is 15.5 Å². The van der Waals surface area contributed by atoms with Crippen molar-refractivity contribution in [1.29, 1.82) is 0 Å². The first-order chi connectivity index (χ1) is 9.81. The first-order valence-corrected chi connectivity index (χ1v) is 7.12. The van der Waals surface area contributed by atoms with Gasteiger partial charge in [-0.1, -0.05) is 24.6 Å². The van der Waals surface area contributed by atoms with Gasteiger partial charge < -0.3 is 14.9 Å². The van der Waals surface area contributed by atoms with E-state index in [1.165, 1.54) is 0 Å². The van der Waals surface area contributed by atoms with Crippen LogP contribution < -0.4 is 5.32 Å². The zero-order chi connectivity index (χ0) is 13.8. The van der Waals surface area contributed by atoms with Crippen molar-refractivity contribution in [2.45, 2.75) is 31.8 Å². The van der Waals surface area contributed by atoms with E-state index in [-0.39, 0.29) is 6.10 Å². The maximum atomic E-state index is 9.65. The third-order valence-electron chi connectivity index (χ3n) is 3.75. The molecule has 5 nitrogen and oxygen atoms in total. The third-order valence-corrected chi connectivity index (χ3v) is 3.75. The average molecular weight is 273 g/mol. The lowest BCUT2D eigenvalue weighted by Gasteiger charge is -2.25. The van der Waals surface area contributed by atoms with Crippen molar-refractivity contribution in [3.63, 3.8) is 0 Å². The van der Waals surface area contributed by atoms with Crippen LogP contribution in [0.5, 0.6) is 0 Å². The smallest absolute Gasteiger partial charge is 0.263 e. The normalized spacial score (nSPS) is 22.6. The molecule has 0 saturated heterocycles. The Balaban J connectivity index is 1.58. The number of benzene rings is 1. The minimum atomic E-state index is -0.152. The summed E-state index contributed by atoms with van der Waals surface area (Å²) in [6.45, 7) is 0.783. The molecule has 5 heteroatoms. The van der Waals surface area contributed by atoms with Crippen LogP contribution in [0.4, 0.5) is 5.95 Å². The first-order valence-electron chi connectivity index (χ1n) is 7.12. The van der Waals surface area contributed by atoms with E-state index in [9.17, 15) is 5.11 Å². The van der Waals surface area contributed by atoms with Gasteiger partial charge in [-0.2, -0.15) is 4.98 Å². The number of hydrogen-bond acceptors (Lipinski definition) is 5. The molecule has 1 fully saturated rings. The molecular weight excluding hydrogens is 254 g/mol. The number of nitrogens with one attached hydrogen (secondary N) is 1. The first kappa shape index (κ1) is 13.1. The highest BCUT2D eigenvalue weighted by Gasteiger charge is 2.20. The van der Waals surface area contributed by atoms with E-state index >= 15 is 0 Å². The van der Waals surface area contributed by atoms with Gasteiger partial charge in [-0.15, -0.1) is 0 Å². The Morgan fingerprint density at radius 1 is 1.25 bits per heavy atom. The van der Waals surface area contributed by atoms with Crippen molar-refractivity contribution >= 4 is 5.95 Å². The van der Waals surface area contributed by atoms with Crippen molar-refractivity contribution in [2.75, 3.05) is 11.9 Å². The lowest BCUT2D eigenvalue weighted by Crippen LogP contribution is -2.25. The molecule has 0 radical (unpaired) electrons. The van der Waals surface area contributed by atoms with Crippen molar-refractivity contribution in [3.8, 4) is 11.5 Å². The summed E-state index contributed by atoms with van der Waals surface area (Å²) < 4.78 is 5.24. The fourth-order valence-corrected chi connectivity index (χ4v) is 2.68. The molecule has 1 aromatic heterocycles. The Labute approximate surface area is 118 Å². The van der Waals surface area contributed by atoms with Crippen LogP contribution in [0.2, 0.25) is 0 Å². The van der Waals surface area contributed by atoms with Gasteiger partial charge in [0, 0.05) is 12.1 Å². The number of aliphatic hydroxyl groups excluding tert-OH is 1. The molecule has 106 valence electrons. The Hall–Kier alpha value is -1.88. The van der Waals surface area contributed by atoms with Crippen LogP contribution in [0.25, 0.3) is 11.5 Å². The van der Waals surface area contributed by atoms with Gasteiger partial charge in [-0.3, -0.25) is 0 Å². The fourth-order valence-electron chi connectivity index (χ4n) is 2.68. The van der Waals surface area contributed by atoms with E-state index in [1.54, 1.807) is 0 Å². The van der Waals surface area contributed by atoms with E-state index in [1.807, 2.05) is 30.3 Å². The number of rotatable bonds is 4. The summed E-state index contributed by atoms with van der Waals surface area (Å²) >= 11 is 0. The van der Waals surface area contributed by atoms with Crippen LogP contribution >= 0.6 is 0 Å². The average Bonchev–Trinajstić information content (AvgIpc) is 2.95. The highest BCUT2D eigenvalue weighted by molar-refractivity contribution is 5.53. The molecular formula is C15H19N3O2. The van der Waals surface area contributed by atoms with Gasteiger partial charge in [0.25, 0.3) is 11.8 Å². The molecule has 1 saturated carbocycles. The van der Waals surface area contributed by atoms with Crippen molar-refractivity contribution < 1.29 is 9.63 Å². The van der Waals surface area contributed by atoms with Crippen LogP contribution in [-0.2, 0) is 0 Å².